The first kappa shape index (κ1) is 29.4. The van der Waals surface area contributed by atoms with Gasteiger partial charge in [0, 0.05) is 37.8 Å². The predicted molar refractivity (Wildman–Crippen MR) is 155 cm³/mol. The van der Waals surface area contributed by atoms with Crippen LogP contribution in [0.2, 0.25) is 0 Å². The van der Waals surface area contributed by atoms with Gasteiger partial charge in [0.2, 0.25) is 5.95 Å². The van der Waals surface area contributed by atoms with Crippen LogP contribution in [0.3, 0.4) is 0 Å². The molecule has 2 fully saturated rings. The van der Waals surface area contributed by atoms with Crippen LogP contribution in [-0.4, -0.2) is 68.9 Å². The lowest BCUT2D eigenvalue weighted by Gasteiger charge is -2.50. The third kappa shape index (κ3) is 6.09. The number of hydrogen-bond donors (Lipinski definition) is 2. The number of nitrogens with zero attached hydrogens (tertiary/aromatic N) is 6. The van der Waals surface area contributed by atoms with Crippen molar-refractivity contribution < 1.29 is 18.3 Å². The predicted octanol–water partition coefficient (Wildman–Crippen LogP) is 4.89. The number of halogens is 2. The zero-order chi connectivity index (χ0) is 29.3. The van der Waals surface area contributed by atoms with Crippen LogP contribution in [0.5, 0.6) is 5.75 Å². The van der Waals surface area contributed by atoms with Crippen molar-refractivity contribution in [3.8, 4) is 5.75 Å². The van der Waals surface area contributed by atoms with Crippen molar-refractivity contribution >= 4 is 22.9 Å². The largest absolute Gasteiger partial charge is 0.435 e. The minimum atomic E-state index is -2.84. The van der Waals surface area contributed by atoms with Gasteiger partial charge in [-0.3, -0.25) is 10.3 Å². The summed E-state index contributed by atoms with van der Waals surface area (Å²) in [6.07, 6.45) is 3.17. The molecule has 2 aliphatic rings. The fourth-order valence-electron chi connectivity index (χ4n) is 6.44. The molecule has 4 atom stereocenters. The van der Waals surface area contributed by atoms with E-state index in [2.05, 4.69) is 52.2 Å². The molecule has 2 saturated heterocycles. The highest BCUT2D eigenvalue weighted by molar-refractivity contribution is 5.85. The highest BCUT2D eigenvalue weighted by Crippen LogP contribution is 2.37. The van der Waals surface area contributed by atoms with E-state index in [1.807, 2.05) is 19.1 Å². The van der Waals surface area contributed by atoms with E-state index in [4.69, 9.17) is 25.5 Å². The fraction of sp³-hybridized carbons (Fsp3) is 0.621. The second kappa shape index (κ2) is 12.4. The van der Waals surface area contributed by atoms with Crippen LogP contribution in [0.25, 0.3) is 11.2 Å². The zero-order valence-electron chi connectivity index (χ0n) is 24.6. The molecule has 4 heterocycles. The molecule has 0 saturated carbocycles. The van der Waals surface area contributed by atoms with E-state index < -0.39 is 6.61 Å². The second-order valence-corrected chi connectivity index (χ2v) is 11.5. The SMILES string of the molecule is CC[C@@H]1CN(c2nc(NN)nc3c2nc(C)n3CC2CCCO2)[C@@H](C)CN1C(c1ccc(OC(F)F)cc1)C(C)C. The van der Waals surface area contributed by atoms with Gasteiger partial charge in [-0.2, -0.15) is 18.7 Å². The summed E-state index contributed by atoms with van der Waals surface area (Å²) >= 11 is 0. The molecule has 0 bridgehead atoms. The first-order chi connectivity index (χ1) is 19.7. The van der Waals surface area contributed by atoms with Gasteiger partial charge in [0.25, 0.3) is 0 Å². The summed E-state index contributed by atoms with van der Waals surface area (Å²) in [6.45, 7) is 11.0. The third-order valence-corrected chi connectivity index (χ3v) is 8.37. The monoisotopic (exact) mass is 572 g/mol. The number of hydrogen-bond acceptors (Lipinski definition) is 9. The van der Waals surface area contributed by atoms with Gasteiger partial charge < -0.3 is 18.9 Å². The van der Waals surface area contributed by atoms with E-state index >= 15 is 0 Å². The molecule has 2 aromatic heterocycles. The summed E-state index contributed by atoms with van der Waals surface area (Å²) in [6, 6.07) is 7.53. The molecular weight excluding hydrogens is 530 g/mol. The number of aromatic nitrogens is 4. The molecule has 10 nitrogen and oxygen atoms in total. The van der Waals surface area contributed by atoms with E-state index in [1.165, 1.54) is 0 Å². The maximum absolute atomic E-state index is 12.7. The smallest absolute Gasteiger partial charge is 0.387 e. The van der Waals surface area contributed by atoms with Crippen molar-refractivity contribution in [1.29, 1.82) is 0 Å². The quantitative estimate of drug-likeness (QED) is 0.260. The topological polar surface area (TPSA) is 107 Å². The van der Waals surface area contributed by atoms with Crippen molar-refractivity contribution in [2.75, 3.05) is 30.0 Å². The molecule has 3 N–H and O–H groups in total. The number of nitrogen functional groups attached to an aromatic ring is 1. The molecule has 2 unspecified atom stereocenters. The molecule has 5 rings (SSSR count). The number of nitrogens with two attached hydrogens (primary N) is 1. The highest BCUT2D eigenvalue weighted by atomic mass is 19.3. The molecule has 0 aliphatic carbocycles. The van der Waals surface area contributed by atoms with Crippen molar-refractivity contribution in [3.63, 3.8) is 0 Å². The number of piperazine rings is 1. The molecule has 1 aromatic carbocycles. The van der Waals surface area contributed by atoms with Gasteiger partial charge in [0.15, 0.2) is 17.0 Å². The van der Waals surface area contributed by atoms with Gasteiger partial charge in [0.1, 0.15) is 11.6 Å². The number of benzene rings is 1. The number of alkyl halides is 2. The Kier molecular flexibility index (Phi) is 8.91. The number of fused-ring (bicyclic) bond motifs is 1. The molecule has 224 valence electrons. The number of ether oxygens (including phenoxy) is 2. The van der Waals surface area contributed by atoms with Crippen LogP contribution in [0.1, 0.15) is 64.4 Å². The highest BCUT2D eigenvalue weighted by Gasteiger charge is 2.38. The van der Waals surface area contributed by atoms with Gasteiger partial charge in [-0.1, -0.05) is 32.9 Å². The molecule has 0 amide bonds. The summed E-state index contributed by atoms with van der Waals surface area (Å²) in [5, 5.41) is 0. The summed E-state index contributed by atoms with van der Waals surface area (Å²) < 4.78 is 38.0. The normalized spacial score (nSPS) is 22.7. The third-order valence-electron chi connectivity index (χ3n) is 8.37. The molecule has 0 spiro atoms. The van der Waals surface area contributed by atoms with Crippen molar-refractivity contribution in [2.45, 2.75) is 91.3 Å². The zero-order valence-corrected chi connectivity index (χ0v) is 24.6. The van der Waals surface area contributed by atoms with E-state index in [0.29, 0.717) is 18.4 Å². The number of aryl methyl sites for hydroxylation is 1. The average molecular weight is 573 g/mol. The lowest BCUT2D eigenvalue weighted by molar-refractivity contribution is -0.0498. The van der Waals surface area contributed by atoms with E-state index in [9.17, 15) is 8.78 Å². The van der Waals surface area contributed by atoms with Crippen LogP contribution < -0.4 is 20.9 Å². The van der Waals surface area contributed by atoms with Crippen molar-refractivity contribution in [3.05, 3.63) is 35.7 Å². The molecular formula is C29H42F2N8O2. The van der Waals surface area contributed by atoms with Gasteiger partial charge in [-0.05, 0) is 56.7 Å². The Hall–Kier alpha value is -3.09. The Morgan fingerprint density at radius 1 is 1.15 bits per heavy atom. The second-order valence-electron chi connectivity index (χ2n) is 11.5. The van der Waals surface area contributed by atoms with Crippen LogP contribution in [0, 0.1) is 12.8 Å². The standard InChI is InChI=1S/C29H42F2N8O2/c1-6-21-15-37(18(4)14-39(21)25(17(2)3)20-9-11-22(12-10-20)41-28(30)31)26-24-27(35-29(34-26)36-32)38(19(5)33-24)16-23-8-7-13-40-23/h9-12,17-18,21,23,25,28H,6-8,13-16,32H2,1-5H3,(H,34,35,36)/t18-,21+,23?,25?/m0/s1. The number of hydrazine groups is 1. The summed E-state index contributed by atoms with van der Waals surface area (Å²) in [7, 11) is 0. The molecule has 12 heteroatoms. The number of anilines is 2. The number of imidazole rings is 1. The fourth-order valence-corrected chi connectivity index (χ4v) is 6.44. The van der Waals surface area contributed by atoms with Crippen LogP contribution >= 0.6 is 0 Å². The minimum absolute atomic E-state index is 0.115. The van der Waals surface area contributed by atoms with Gasteiger partial charge in [-0.25, -0.2) is 10.8 Å². The maximum Gasteiger partial charge on any atom is 0.387 e. The van der Waals surface area contributed by atoms with E-state index in [-0.39, 0.29) is 30.0 Å². The summed E-state index contributed by atoms with van der Waals surface area (Å²) in [5.41, 5.74) is 5.27. The Labute approximate surface area is 240 Å². The Morgan fingerprint density at radius 3 is 2.51 bits per heavy atom. The van der Waals surface area contributed by atoms with Crippen LogP contribution in [0.15, 0.2) is 24.3 Å². The van der Waals surface area contributed by atoms with E-state index in [0.717, 1.165) is 67.3 Å². The van der Waals surface area contributed by atoms with Gasteiger partial charge in [-0.15, -0.1) is 0 Å². The first-order valence-corrected chi connectivity index (χ1v) is 14.6. The van der Waals surface area contributed by atoms with Crippen LogP contribution in [-0.2, 0) is 11.3 Å². The first-order valence-electron chi connectivity index (χ1n) is 14.6. The van der Waals surface area contributed by atoms with Gasteiger partial charge >= 0.3 is 6.61 Å². The Balaban J connectivity index is 1.46. The molecule has 0 radical (unpaired) electrons. The van der Waals surface area contributed by atoms with Crippen molar-refractivity contribution in [2.24, 2.45) is 11.8 Å². The molecule has 2 aliphatic heterocycles. The van der Waals surface area contributed by atoms with Crippen LogP contribution in [0.4, 0.5) is 20.5 Å². The molecule has 3 aromatic rings. The van der Waals surface area contributed by atoms with Crippen molar-refractivity contribution in [1.82, 2.24) is 24.4 Å². The summed E-state index contributed by atoms with van der Waals surface area (Å²) in [5.74, 6) is 8.32. The van der Waals surface area contributed by atoms with Gasteiger partial charge in [0.05, 0.1) is 12.6 Å². The number of nitrogens with one attached hydrogen (secondary N) is 1. The summed E-state index contributed by atoms with van der Waals surface area (Å²) in [4.78, 5) is 19.4. The average Bonchev–Trinajstić information content (AvgIpc) is 3.57. The molecule has 41 heavy (non-hydrogen) atoms. The van der Waals surface area contributed by atoms with E-state index in [1.54, 1.807) is 12.1 Å². The minimum Gasteiger partial charge on any atom is -0.435 e. The maximum atomic E-state index is 12.7. The lowest BCUT2D eigenvalue weighted by atomic mass is 9.90. The lowest BCUT2D eigenvalue weighted by Crippen LogP contribution is -2.59. The Morgan fingerprint density at radius 2 is 1.90 bits per heavy atom. The number of rotatable bonds is 10. The Bertz CT molecular complexity index is 1310.